The van der Waals surface area contributed by atoms with Crippen LogP contribution >= 0.6 is 0 Å². The number of piperazine rings is 1. The first kappa shape index (κ1) is 21.8. The lowest BCUT2D eigenvalue weighted by Crippen LogP contribution is -2.48. The number of benzene rings is 2. The first-order chi connectivity index (χ1) is 14.8. The Morgan fingerprint density at radius 1 is 1.00 bits per heavy atom. The molecule has 2 heterocycles. The number of anilines is 1. The summed E-state index contributed by atoms with van der Waals surface area (Å²) in [7, 11) is -3.70. The molecular formula is C23H28FN3O3S. The summed E-state index contributed by atoms with van der Waals surface area (Å²) in [5.74, 6) is 0.0603. The first-order valence-electron chi connectivity index (χ1n) is 10.7. The normalized spacial score (nSPS) is 20.6. The fourth-order valence-electron chi connectivity index (χ4n) is 4.33. The molecule has 0 radical (unpaired) electrons. The van der Waals surface area contributed by atoms with Crippen molar-refractivity contribution in [3.8, 4) is 0 Å². The van der Waals surface area contributed by atoms with Gasteiger partial charge in [0.2, 0.25) is 10.0 Å². The zero-order chi connectivity index (χ0) is 22.0. The number of carbonyl (C=O) groups excluding carboxylic acids is 1. The molecule has 2 aromatic rings. The van der Waals surface area contributed by atoms with E-state index in [1.54, 1.807) is 30.3 Å². The largest absolute Gasteiger partial charge is 0.369 e. The summed E-state index contributed by atoms with van der Waals surface area (Å²) in [6, 6.07) is 12.6. The van der Waals surface area contributed by atoms with Crippen LogP contribution in [0.15, 0.2) is 53.4 Å². The van der Waals surface area contributed by atoms with Crippen molar-refractivity contribution in [1.82, 2.24) is 9.21 Å². The van der Waals surface area contributed by atoms with E-state index in [1.165, 1.54) is 22.5 Å². The van der Waals surface area contributed by atoms with E-state index >= 15 is 0 Å². The molecule has 1 unspecified atom stereocenters. The molecule has 0 spiro atoms. The van der Waals surface area contributed by atoms with Gasteiger partial charge in [-0.25, -0.2) is 12.8 Å². The van der Waals surface area contributed by atoms with E-state index in [1.807, 2.05) is 9.80 Å². The van der Waals surface area contributed by atoms with Crippen LogP contribution in [0.25, 0.3) is 0 Å². The fourth-order valence-corrected chi connectivity index (χ4v) is 5.80. The molecule has 0 bridgehead atoms. The van der Waals surface area contributed by atoms with Crippen LogP contribution in [0.1, 0.15) is 30.1 Å². The highest BCUT2D eigenvalue weighted by atomic mass is 32.2. The minimum absolute atomic E-state index is 0.107. The third kappa shape index (κ3) is 4.75. The third-order valence-corrected chi connectivity index (χ3v) is 7.99. The maximum Gasteiger partial charge on any atom is 0.253 e. The molecule has 2 aliphatic heterocycles. The Labute approximate surface area is 183 Å². The Morgan fingerprint density at radius 2 is 1.71 bits per heavy atom. The summed E-state index contributed by atoms with van der Waals surface area (Å²) in [5, 5.41) is 0. The standard InChI is InChI=1S/C23H28FN3O3S/c1-18-4-3-11-26(17-18)23(28)19-5-2-6-22(16-19)31(29,30)27-14-12-25(13-15-27)21-9-7-20(24)8-10-21/h2,5-10,16,18H,3-4,11-15,17H2,1H3. The maximum atomic E-state index is 13.2. The quantitative estimate of drug-likeness (QED) is 0.725. The van der Waals surface area contributed by atoms with Crippen LogP contribution in [0.3, 0.4) is 0 Å². The fraction of sp³-hybridized carbons (Fsp3) is 0.435. The minimum atomic E-state index is -3.70. The van der Waals surface area contributed by atoms with Gasteiger partial charge in [-0.2, -0.15) is 4.31 Å². The van der Waals surface area contributed by atoms with Crippen molar-refractivity contribution >= 4 is 21.6 Å². The first-order valence-corrected chi connectivity index (χ1v) is 12.2. The Balaban J connectivity index is 1.46. The number of carbonyl (C=O) groups is 1. The lowest BCUT2D eigenvalue weighted by Gasteiger charge is -2.35. The zero-order valence-corrected chi connectivity index (χ0v) is 18.5. The number of hydrogen-bond acceptors (Lipinski definition) is 4. The average molecular weight is 446 g/mol. The number of piperidine rings is 1. The molecule has 2 aliphatic rings. The highest BCUT2D eigenvalue weighted by Gasteiger charge is 2.30. The molecule has 2 saturated heterocycles. The van der Waals surface area contributed by atoms with Crippen LogP contribution in [0.4, 0.5) is 10.1 Å². The van der Waals surface area contributed by atoms with Crippen LogP contribution in [0.5, 0.6) is 0 Å². The Hall–Kier alpha value is -2.45. The van der Waals surface area contributed by atoms with E-state index in [0.29, 0.717) is 50.7 Å². The molecular weight excluding hydrogens is 417 g/mol. The van der Waals surface area contributed by atoms with Gasteiger partial charge in [0.05, 0.1) is 4.90 Å². The number of hydrogen-bond donors (Lipinski definition) is 0. The molecule has 1 atom stereocenters. The second kappa shape index (κ2) is 8.96. The van der Waals surface area contributed by atoms with Gasteiger partial charge in [0, 0.05) is 50.5 Å². The van der Waals surface area contributed by atoms with E-state index in [2.05, 4.69) is 6.92 Å². The second-order valence-corrected chi connectivity index (χ2v) is 10.3. The van der Waals surface area contributed by atoms with Crippen molar-refractivity contribution in [2.24, 2.45) is 5.92 Å². The van der Waals surface area contributed by atoms with E-state index in [4.69, 9.17) is 0 Å². The SMILES string of the molecule is CC1CCCN(C(=O)c2cccc(S(=O)(=O)N3CCN(c4ccc(F)cc4)CC3)c2)C1. The van der Waals surface area contributed by atoms with Crippen LogP contribution < -0.4 is 4.90 Å². The summed E-state index contributed by atoms with van der Waals surface area (Å²) in [6.45, 7) is 5.27. The van der Waals surface area contributed by atoms with Crippen molar-refractivity contribution in [3.05, 3.63) is 59.9 Å². The molecule has 0 aliphatic carbocycles. The number of nitrogens with zero attached hydrogens (tertiary/aromatic N) is 3. The average Bonchev–Trinajstić information content (AvgIpc) is 2.79. The highest BCUT2D eigenvalue weighted by molar-refractivity contribution is 7.89. The third-order valence-electron chi connectivity index (χ3n) is 6.09. The van der Waals surface area contributed by atoms with E-state index in [9.17, 15) is 17.6 Å². The van der Waals surface area contributed by atoms with Crippen molar-refractivity contribution in [1.29, 1.82) is 0 Å². The zero-order valence-electron chi connectivity index (χ0n) is 17.7. The van der Waals surface area contributed by atoms with Gasteiger partial charge < -0.3 is 9.80 Å². The van der Waals surface area contributed by atoms with E-state index < -0.39 is 10.0 Å². The van der Waals surface area contributed by atoms with Gasteiger partial charge in [-0.15, -0.1) is 0 Å². The van der Waals surface area contributed by atoms with Gasteiger partial charge in [-0.05, 0) is 61.2 Å². The molecule has 0 saturated carbocycles. The van der Waals surface area contributed by atoms with E-state index in [-0.39, 0.29) is 16.6 Å². The molecule has 2 fully saturated rings. The molecule has 6 nitrogen and oxygen atoms in total. The molecule has 166 valence electrons. The maximum absolute atomic E-state index is 13.2. The van der Waals surface area contributed by atoms with Crippen LogP contribution in [-0.2, 0) is 10.0 Å². The second-order valence-electron chi connectivity index (χ2n) is 8.39. The van der Waals surface area contributed by atoms with E-state index in [0.717, 1.165) is 18.5 Å². The molecule has 1 amide bonds. The summed E-state index contributed by atoms with van der Waals surface area (Å²) in [4.78, 5) is 16.9. The summed E-state index contributed by atoms with van der Waals surface area (Å²) in [5.41, 5.74) is 1.29. The smallest absolute Gasteiger partial charge is 0.253 e. The van der Waals surface area contributed by atoms with Gasteiger partial charge in [0.25, 0.3) is 5.91 Å². The van der Waals surface area contributed by atoms with Crippen molar-refractivity contribution < 1.29 is 17.6 Å². The van der Waals surface area contributed by atoms with Crippen molar-refractivity contribution in [3.63, 3.8) is 0 Å². The Kier molecular flexibility index (Phi) is 6.29. The van der Waals surface area contributed by atoms with Gasteiger partial charge in [0.1, 0.15) is 5.82 Å². The molecule has 2 aromatic carbocycles. The highest BCUT2D eigenvalue weighted by Crippen LogP contribution is 2.23. The minimum Gasteiger partial charge on any atom is -0.369 e. The Morgan fingerprint density at radius 3 is 2.39 bits per heavy atom. The molecule has 0 aromatic heterocycles. The molecule has 4 rings (SSSR count). The van der Waals surface area contributed by atoms with Crippen LogP contribution in [-0.4, -0.2) is 62.8 Å². The number of halogens is 1. The van der Waals surface area contributed by atoms with Gasteiger partial charge >= 0.3 is 0 Å². The number of rotatable bonds is 4. The number of sulfonamides is 1. The van der Waals surface area contributed by atoms with Gasteiger partial charge in [-0.3, -0.25) is 4.79 Å². The number of amides is 1. The predicted octanol–water partition coefficient (Wildman–Crippen LogP) is 3.21. The van der Waals surface area contributed by atoms with Crippen molar-refractivity contribution in [2.75, 3.05) is 44.2 Å². The lowest BCUT2D eigenvalue weighted by atomic mass is 9.99. The van der Waals surface area contributed by atoms with Crippen LogP contribution in [0.2, 0.25) is 0 Å². The molecule has 8 heteroatoms. The van der Waals surface area contributed by atoms with Crippen molar-refractivity contribution in [2.45, 2.75) is 24.7 Å². The monoisotopic (exact) mass is 445 g/mol. The Bertz CT molecular complexity index is 1030. The topological polar surface area (TPSA) is 60.9 Å². The van der Waals surface area contributed by atoms with Crippen LogP contribution in [0, 0.1) is 11.7 Å². The van der Waals surface area contributed by atoms with Gasteiger partial charge in [0.15, 0.2) is 0 Å². The van der Waals surface area contributed by atoms with Gasteiger partial charge in [-0.1, -0.05) is 13.0 Å². The molecule has 0 N–H and O–H groups in total. The summed E-state index contributed by atoms with van der Waals surface area (Å²) in [6.07, 6.45) is 2.09. The molecule has 31 heavy (non-hydrogen) atoms. The summed E-state index contributed by atoms with van der Waals surface area (Å²) >= 11 is 0. The predicted molar refractivity (Wildman–Crippen MR) is 118 cm³/mol. The number of likely N-dealkylation sites (tertiary alicyclic amines) is 1. The lowest BCUT2D eigenvalue weighted by molar-refractivity contribution is 0.0683. The summed E-state index contributed by atoms with van der Waals surface area (Å²) < 4.78 is 41.0.